The van der Waals surface area contributed by atoms with Gasteiger partial charge in [-0.3, -0.25) is 9.59 Å². The molecule has 1 aromatic heterocycles. The lowest BCUT2D eigenvalue weighted by Gasteiger charge is -2.20. The molecular formula is C24H30FN5O2. The van der Waals surface area contributed by atoms with Gasteiger partial charge in [0.15, 0.2) is 0 Å². The van der Waals surface area contributed by atoms with Gasteiger partial charge in [-0.2, -0.15) is 0 Å². The highest BCUT2D eigenvalue weighted by molar-refractivity contribution is 5.79. The maximum atomic E-state index is 13.9. The van der Waals surface area contributed by atoms with E-state index in [0.29, 0.717) is 44.8 Å². The maximum Gasteiger partial charge on any atom is 0.225 e. The molecule has 0 radical (unpaired) electrons. The van der Waals surface area contributed by atoms with E-state index in [9.17, 15) is 14.0 Å². The number of carbonyl (C=O) groups excluding carboxylic acids is 2. The number of aromatic nitrogens is 2. The second-order valence-electron chi connectivity index (χ2n) is 8.79. The van der Waals surface area contributed by atoms with Gasteiger partial charge in [-0.05, 0) is 37.0 Å². The minimum Gasteiger partial charge on any atom is -0.347 e. The highest BCUT2D eigenvalue weighted by atomic mass is 19.1. The van der Waals surface area contributed by atoms with Crippen LogP contribution in [0, 0.1) is 5.82 Å². The second kappa shape index (κ2) is 9.63. The largest absolute Gasteiger partial charge is 0.347 e. The van der Waals surface area contributed by atoms with Crippen LogP contribution >= 0.6 is 0 Å². The first kappa shape index (κ1) is 22.2. The van der Waals surface area contributed by atoms with Gasteiger partial charge in [-0.25, -0.2) is 14.4 Å². The van der Waals surface area contributed by atoms with E-state index in [1.807, 2.05) is 34.9 Å². The lowest BCUT2D eigenvalue weighted by Crippen LogP contribution is -2.30. The first-order valence-electron chi connectivity index (χ1n) is 11.3. The number of halogens is 1. The topological polar surface area (TPSA) is 69.6 Å². The monoisotopic (exact) mass is 439 g/mol. The molecule has 1 atom stereocenters. The zero-order chi connectivity index (χ0) is 22.7. The molecule has 1 aromatic carbocycles. The third kappa shape index (κ3) is 4.89. The average Bonchev–Trinajstić information content (AvgIpc) is 3.43. The summed E-state index contributed by atoms with van der Waals surface area (Å²) < 4.78 is 13.9. The van der Waals surface area contributed by atoms with Gasteiger partial charge in [0.25, 0.3) is 0 Å². The number of amides is 2. The summed E-state index contributed by atoms with van der Waals surface area (Å²) in [6.45, 7) is 2.73. The van der Waals surface area contributed by atoms with Crippen molar-refractivity contribution < 1.29 is 14.0 Å². The van der Waals surface area contributed by atoms with E-state index in [1.54, 1.807) is 12.3 Å². The summed E-state index contributed by atoms with van der Waals surface area (Å²) in [5.74, 6) is 0.682. The highest BCUT2D eigenvalue weighted by Crippen LogP contribution is 2.34. The zero-order valence-corrected chi connectivity index (χ0v) is 18.8. The Hall–Kier alpha value is -3.03. The molecule has 3 heterocycles. The normalized spacial score (nSPS) is 18.5. The molecule has 2 aromatic rings. The van der Waals surface area contributed by atoms with Crippen LogP contribution in [0.4, 0.5) is 10.3 Å². The van der Waals surface area contributed by atoms with E-state index >= 15 is 0 Å². The SMILES string of the molecule is CN(C)c1ncc(-c2cccc(F)c2)c([C@@H]2CCN(C(=O)CCCN3CCCC3=O)C2)n1. The van der Waals surface area contributed by atoms with E-state index in [4.69, 9.17) is 4.98 Å². The lowest BCUT2D eigenvalue weighted by atomic mass is 9.96. The van der Waals surface area contributed by atoms with Crippen LogP contribution in [0.3, 0.4) is 0 Å². The fraction of sp³-hybridized carbons (Fsp3) is 0.500. The molecule has 2 aliphatic rings. The van der Waals surface area contributed by atoms with E-state index < -0.39 is 0 Å². The molecule has 32 heavy (non-hydrogen) atoms. The molecule has 0 unspecified atom stereocenters. The summed E-state index contributed by atoms with van der Waals surface area (Å²) in [6.07, 6.45) is 5.25. The molecule has 7 nitrogen and oxygen atoms in total. The van der Waals surface area contributed by atoms with Crippen molar-refractivity contribution >= 4 is 17.8 Å². The van der Waals surface area contributed by atoms with Crippen molar-refractivity contribution in [2.45, 2.75) is 38.0 Å². The molecule has 0 saturated carbocycles. The second-order valence-corrected chi connectivity index (χ2v) is 8.79. The smallest absolute Gasteiger partial charge is 0.225 e. The van der Waals surface area contributed by atoms with E-state index in [1.165, 1.54) is 12.1 Å². The van der Waals surface area contributed by atoms with Gasteiger partial charge in [0, 0.05) is 70.8 Å². The number of rotatable bonds is 7. The molecule has 170 valence electrons. The Morgan fingerprint density at radius 2 is 2.12 bits per heavy atom. The molecule has 2 saturated heterocycles. The van der Waals surface area contributed by atoms with Gasteiger partial charge >= 0.3 is 0 Å². The van der Waals surface area contributed by atoms with E-state index in [2.05, 4.69) is 4.98 Å². The van der Waals surface area contributed by atoms with Crippen molar-refractivity contribution in [3.63, 3.8) is 0 Å². The van der Waals surface area contributed by atoms with E-state index in [0.717, 1.165) is 36.2 Å². The van der Waals surface area contributed by atoms with Gasteiger partial charge in [-0.1, -0.05) is 12.1 Å². The molecule has 0 N–H and O–H groups in total. The first-order valence-corrected chi connectivity index (χ1v) is 11.3. The van der Waals surface area contributed by atoms with Crippen molar-refractivity contribution in [2.75, 3.05) is 45.2 Å². The van der Waals surface area contributed by atoms with Gasteiger partial charge in [0.1, 0.15) is 5.82 Å². The van der Waals surface area contributed by atoms with Gasteiger partial charge in [0.2, 0.25) is 17.8 Å². The molecule has 0 aliphatic carbocycles. The molecule has 0 bridgehead atoms. The van der Waals surface area contributed by atoms with Gasteiger partial charge in [0.05, 0.1) is 5.69 Å². The minimum atomic E-state index is -0.301. The minimum absolute atomic E-state index is 0.0686. The van der Waals surface area contributed by atoms with Crippen LogP contribution < -0.4 is 4.90 Å². The maximum absolute atomic E-state index is 13.9. The Balaban J connectivity index is 1.45. The van der Waals surface area contributed by atoms with Crippen molar-refractivity contribution in [1.29, 1.82) is 0 Å². The number of anilines is 1. The first-order chi connectivity index (χ1) is 15.4. The molecule has 4 rings (SSSR count). The van der Waals surface area contributed by atoms with Crippen LogP contribution in [0.25, 0.3) is 11.1 Å². The summed E-state index contributed by atoms with van der Waals surface area (Å²) in [6, 6.07) is 6.46. The van der Waals surface area contributed by atoms with Crippen LogP contribution in [0.15, 0.2) is 30.5 Å². The number of nitrogens with zero attached hydrogens (tertiary/aromatic N) is 5. The Kier molecular flexibility index (Phi) is 6.67. The number of likely N-dealkylation sites (tertiary alicyclic amines) is 2. The highest BCUT2D eigenvalue weighted by Gasteiger charge is 2.31. The quantitative estimate of drug-likeness (QED) is 0.663. The van der Waals surface area contributed by atoms with Gasteiger partial charge < -0.3 is 14.7 Å². The Labute approximate surface area is 188 Å². The Morgan fingerprint density at radius 1 is 1.28 bits per heavy atom. The van der Waals surface area contributed by atoms with Crippen molar-refractivity contribution in [1.82, 2.24) is 19.8 Å². The van der Waals surface area contributed by atoms with Crippen molar-refractivity contribution in [3.05, 3.63) is 42.0 Å². The molecule has 8 heteroatoms. The standard InChI is InChI=1S/C24H30FN5O2/c1-28(2)24-26-15-20(17-6-3-7-19(25)14-17)23(27-24)18-10-13-30(16-18)22(32)9-5-12-29-11-4-8-21(29)31/h3,6-7,14-15,18H,4-5,8-13,16H2,1-2H3/t18-/m1/s1. The Bertz CT molecular complexity index is 996. The number of hydrogen-bond donors (Lipinski definition) is 0. The summed E-state index contributed by atoms with van der Waals surface area (Å²) >= 11 is 0. The van der Waals surface area contributed by atoms with Crippen LogP contribution in [0.2, 0.25) is 0 Å². The van der Waals surface area contributed by atoms with Crippen molar-refractivity contribution in [2.24, 2.45) is 0 Å². The Morgan fingerprint density at radius 3 is 2.84 bits per heavy atom. The van der Waals surface area contributed by atoms with Crippen molar-refractivity contribution in [3.8, 4) is 11.1 Å². The number of carbonyl (C=O) groups is 2. The molecule has 2 aliphatic heterocycles. The average molecular weight is 440 g/mol. The third-order valence-corrected chi connectivity index (χ3v) is 6.26. The fourth-order valence-corrected chi connectivity index (χ4v) is 4.52. The summed E-state index contributed by atoms with van der Waals surface area (Å²) in [5, 5.41) is 0. The number of benzene rings is 1. The van der Waals surface area contributed by atoms with Crippen LogP contribution in [-0.2, 0) is 9.59 Å². The number of hydrogen-bond acceptors (Lipinski definition) is 5. The van der Waals surface area contributed by atoms with Crippen LogP contribution in [0.1, 0.15) is 43.7 Å². The summed E-state index contributed by atoms with van der Waals surface area (Å²) in [4.78, 5) is 39.3. The molecule has 0 spiro atoms. The third-order valence-electron chi connectivity index (χ3n) is 6.26. The van der Waals surface area contributed by atoms with Gasteiger partial charge in [-0.15, -0.1) is 0 Å². The van der Waals surface area contributed by atoms with Crippen LogP contribution in [-0.4, -0.2) is 71.9 Å². The lowest BCUT2D eigenvalue weighted by molar-refractivity contribution is -0.131. The molecule has 2 fully saturated rings. The molecular weight excluding hydrogens is 409 g/mol. The predicted octanol–water partition coefficient (Wildman–Crippen LogP) is 3.07. The zero-order valence-electron chi connectivity index (χ0n) is 18.8. The van der Waals surface area contributed by atoms with E-state index in [-0.39, 0.29) is 23.5 Å². The fourth-order valence-electron chi connectivity index (χ4n) is 4.52. The molecule has 2 amide bonds. The predicted molar refractivity (Wildman–Crippen MR) is 121 cm³/mol. The summed E-state index contributed by atoms with van der Waals surface area (Å²) in [5.41, 5.74) is 2.40. The van der Waals surface area contributed by atoms with Crippen LogP contribution in [0.5, 0.6) is 0 Å². The summed E-state index contributed by atoms with van der Waals surface area (Å²) in [7, 11) is 3.77.